The molecule has 1 aliphatic rings. The van der Waals surface area contributed by atoms with Crippen LogP contribution in [0.3, 0.4) is 0 Å². The molecule has 1 heterocycles. The van der Waals surface area contributed by atoms with Crippen molar-refractivity contribution in [3.05, 3.63) is 59.2 Å². The number of nitrogens with one attached hydrogen (secondary N) is 1. The Kier molecular flexibility index (Phi) is 2.90. The van der Waals surface area contributed by atoms with E-state index in [1.807, 2.05) is 6.07 Å². The van der Waals surface area contributed by atoms with Gasteiger partial charge in [-0.1, -0.05) is 30.3 Å². The molecule has 0 saturated carbocycles. The van der Waals surface area contributed by atoms with Crippen LogP contribution in [-0.2, 0) is 19.7 Å². The molecular formula is C15H15NO2. The third-order valence-corrected chi connectivity index (χ3v) is 3.24. The van der Waals surface area contributed by atoms with E-state index in [0.717, 1.165) is 13.1 Å². The third kappa shape index (κ3) is 2.05. The van der Waals surface area contributed by atoms with Gasteiger partial charge in [0.15, 0.2) is 11.5 Å². The van der Waals surface area contributed by atoms with Crippen LogP contribution in [0, 0.1) is 0 Å². The number of hydrogen-bond donors (Lipinski definition) is 2. The predicted octanol–water partition coefficient (Wildman–Crippen LogP) is 2.57. The quantitative estimate of drug-likeness (QED) is 0.867. The summed E-state index contributed by atoms with van der Waals surface area (Å²) in [6.45, 7) is 2.32. The SMILES string of the molecule is Oc1ccccc1OCc1cccc2c1CNC2. The molecule has 0 bridgehead atoms. The fourth-order valence-corrected chi connectivity index (χ4v) is 2.27. The summed E-state index contributed by atoms with van der Waals surface area (Å²) < 4.78 is 5.67. The topological polar surface area (TPSA) is 41.5 Å². The molecule has 3 rings (SSSR count). The first-order valence-corrected chi connectivity index (χ1v) is 6.06. The van der Waals surface area contributed by atoms with Gasteiger partial charge in [0.2, 0.25) is 0 Å². The normalized spacial score (nSPS) is 13.3. The summed E-state index contributed by atoms with van der Waals surface area (Å²) in [6.07, 6.45) is 0. The van der Waals surface area contributed by atoms with Gasteiger partial charge in [0.1, 0.15) is 6.61 Å². The van der Waals surface area contributed by atoms with Crippen LogP contribution in [0.1, 0.15) is 16.7 Å². The molecule has 0 atom stereocenters. The van der Waals surface area contributed by atoms with Crippen LogP contribution in [0.5, 0.6) is 11.5 Å². The van der Waals surface area contributed by atoms with Crippen molar-refractivity contribution < 1.29 is 9.84 Å². The molecule has 2 aromatic rings. The van der Waals surface area contributed by atoms with Gasteiger partial charge < -0.3 is 15.2 Å². The van der Waals surface area contributed by atoms with Gasteiger partial charge in [-0.25, -0.2) is 0 Å². The molecule has 3 heteroatoms. The molecule has 0 saturated heterocycles. The smallest absolute Gasteiger partial charge is 0.161 e. The Hall–Kier alpha value is -2.00. The summed E-state index contributed by atoms with van der Waals surface area (Å²) in [4.78, 5) is 0. The van der Waals surface area contributed by atoms with Gasteiger partial charge in [-0.2, -0.15) is 0 Å². The molecule has 0 fully saturated rings. The minimum atomic E-state index is 0.184. The number of phenolic OH excluding ortho intramolecular Hbond substituents is 1. The Bertz CT molecular complexity index is 566. The molecule has 0 spiro atoms. The number of aromatic hydroxyl groups is 1. The number of benzene rings is 2. The van der Waals surface area contributed by atoms with E-state index < -0.39 is 0 Å². The zero-order valence-electron chi connectivity index (χ0n) is 10.0. The van der Waals surface area contributed by atoms with Gasteiger partial charge in [-0.05, 0) is 28.8 Å². The van der Waals surface area contributed by atoms with E-state index in [2.05, 4.69) is 23.5 Å². The fourth-order valence-electron chi connectivity index (χ4n) is 2.27. The third-order valence-electron chi connectivity index (χ3n) is 3.24. The van der Waals surface area contributed by atoms with Crippen LogP contribution in [-0.4, -0.2) is 5.11 Å². The highest BCUT2D eigenvalue weighted by Gasteiger charge is 2.14. The standard InChI is InChI=1S/C15H15NO2/c17-14-6-1-2-7-15(14)18-10-12-5-3-4-11-8-16-9-13(11)12/h1-7,16-17H,8-10H2. The van der Waals surface area contributed by atoms with E-state index >= 15 is 0 Å². The van der Waals surface area contributed by atoms with E-state index in [-0.39, 0.29) is 5.75 Å². The van der Waals surface area contributed by atoms with Crippen LogP contribution in [0.4, 0.5) is 0 Å². The number of hydrogen-bond acceptors (Lipinski definition) is 3. The van der Waals surface area contributed by atoms with Gasteiger partial charge in [-0.3, -0.25) is 0 Å². The van der Waals surface area contributed by atoms with Gasteiger partial charge in [0.05, 0.1) is 0 Å². The molecule has 0 aromatic heterocycles. The summed E-state index contributed by atoms with van der Waals surface area (Å²) in [6, 6.07) is 13.3. The van der Waals surface area contributed by atoms with Crippen LogP contribution in [0.15, 0.2) is 42.5 Å². The monoisotopic (exact) mass is 241 g/mol. The molecule has 0 aliphatic carbocycles. The largest absolute Gasteiger partial charge is 0.504 e. The van der Waals surface area contributed by atoms with Crippen LogP contribution in [0.2, 0.25) is 0 Å². The van der Waals surface area contributed by atoms with Crippen molar-refractivity contribution in [2.24, 2.45) is 0 Å². The minimum Gasteiger partial charge on any atom is -0.504 e. The van der Waals surface area contributed by atoms with Crippen LogP contribution in [0.25, 0.3) is 0 Å². The molecule has 3 nitrogen and oxygen atoms in total. The van der Waals surface area contributed by atoms with E-state index in [0.29, 0.717) is 12.4 Å². The fraction of sp³-hybridized carbons (Fsp3) is 0.200. The summed E-state index contributed by atoms with van der Waals surface area (Å²) in [5.74, 6) is 0.712. The lowest BCUT2D eigenvalue weighted by atomic mass is 10.0. The van der Waals surface area contributed by atoms with E-state index in [1.165, 1.54) is 16.7 Å². The van der Waals surface area contributed by atoms with E-state index in [9.17, 15) is 5.11 Å². The van der Waals surface area contributed by atoms with Crippen molar-refractivity contribution in [3.63, 3.8) is 0 Å². The maximum Gasteiger partial charge on any atom is 0.161 e. The number of fused-ring (bicyclic) bond motifs is 1. The van der Waals surface area contributed by atoms with Gasteiger partial charge in [-0.15, -0.1) is 0 Å². The van der Waals surface area contributed by atoms with Crippen molar-refractivity contribution in [1.82, 2.24) is 5.32 Å². The first-order chi connectivity index (χ1) is 8.84. The molecule has 2 N–H and O–H groups in total. The number of phenols is 1. The predicted molar refractivity (Wildman–Crippen MR) is 69.4 cm³/mol. The van der Waals surface area contributed by atoms with Gasteiger partial charge in [0, 0.05) is 13.1 Å². The maximum atomic E-state index is 9.64. The van der Waals surface area contributed by atoms with Crippen molar-refractivity contribution in [3.8, 4) is 11.5 Å². The summed E-state index contributed by atoms with van der Waals surface area (Å²) >= 11 is 0. The first kappa shape index (κ1) is 11.1. The molecule has 92 valence electrons. The van der Waals surface area contributed by atoms with E-state index in [4.69, 9.17) is 4.74 Å². The van der Waals surface area contributed by atoms with Crippen LogP contribution < -0.4 is 10.1 Å². The molecule has 18 heavy (non-hydrogen) atoms. The Labute approximate surface area is 106 Å². The second kappa shape index (κ2) is 4.70. The first-order valence-electron chi connectivity index (χ1n) is 6.06. The van der Waals surface area contributed by atoms with Gasteiger partial charge in [0.25, 0.3) is 0 Å². The molecule has 0 amide bonds. The van der Waals surface area contributed by atoms with Crippen molar-refractivity contribution in [1.29, 1.82) is 0 Å². The van der Waals surface area contributed by atoms with E-state index in [1.54, 1.807) is 18.2 Å². The zero-order chi connectivity index (χ0) is 12.4. The second-order valence-corrected chi connectivity index (χ2v) is 4.41. The highest BCUT2D eigenvalue weighted by Crippen LogP contribution is 2.27. The molecular weight excluding hydrogens is 226 g/mol. The molecule has 2 aromatic carbocycles. The van der Waals surface area contributed by atoms with Crippen molar-refractivity contribution in [2.45, 2.75) is 19.7 Å². The average molecular weight is 241 g/mol. The zero-order valence-corrected chi connectivity index (χ0v) is 10.0. The lowest BCUT2D eigenvalue weighted by Crippen LogP contribution is -2.03. The molecule has 0 unspecified atom stereocenters. The summed E-state index contributed by atoms with van der Waals surface area (Å²) in [5, 5.41) is 13.0. The average Bonchev–Trinajstić information content (AvgIpc) is 2.86. The summed E-state index contributed by atoms with van der Waals surface area (Å²) in [7, 11) is 0. The highest BCUT2D eigenvalue weighted by atomic mass is 16.5. The Morgan fingerprint density at radius 1 is 1.06 bits per heavy atom. The highest BCUT2D eigenvalue weighted by molar-refractivity contribution is 5.40. The maximum absolute atomic E-state index is 9.64. The lowest BCUT2D eigenvalue weighted by molar-refractivity contribution is 0.288. The Morgan fingerprint density at radius 3 is 2.83 bits per heavy atom. The van der Waals surface area contributed by atoms with Crippen LogP contribution >= 0.6 is 0 Å². The summed E-state index contributed by atoms with van der Waals surface area (Å²) in [5.41, 5.74) is 3.85. The van der Waals surface area contributed by atoms with Gasteiger partial charge >= 0.3 is 0 Å². The molecule has 0 radical (unpaired) electrons. The van der Waals surface area contributed by atoms with Crippen molar-refractivity contribution in [2.75, 3.05) is 0 Å². The Balaban J connectivity index is 1.78. The minimum absolute atomic E-state index is 0.184. The Morgan fingerprint density at radius 2 is 1.94 bits per heavy atom. The molecule has 1 aliphatic heterocycles. The number of rotatable bonds is 3. The number of ether oxygens (including phenoxy) is 1. The second-order valence-electron chi connectivity index (χ2n) is 4.41. The lowest BCUT2D eigenvalue weighted by Gasteiger charge is -2.10. The van der Waals surface area contributed by atoms with Crippen molar-refractivity contribution >= 4 is 0 Å². The number of para-hydroxylation sites is 2.